The standard InChI is InChI=1S/C14H9Cl2FN2/c15-12-3-2-11(17)6-10(12)8-19-14-4-1-9(7-18)5-13(14)16/h1-6,19H,8H2. The molecule has 0 bridgehead atoms. The van der Waals surface area contributed by atoms with Gasteiger partial charge in [-0.2, -0.15) is 5.26 Å². The molecule has 0 aliphatic rings. The second kappa shape index (κ2) is 5.92. The Morgan fingerprint density at radius 2 is 1.89 bits per heavy atom. The maximum Gasteiger partial charge on any atom is 0.123 e. The highest BCUT2D eigenvalue weighted by Crippen LogP contribution is 2.24. The van der Waals surface area contributed by atoms with Gasteiger partial charge in [-0.1, -0.05) is 23.2 Å². The molecule has 0 saturated heterocycles. The second-order valence-corrected chi connectivity index (χ2v) is 4.71. The number of nitrogens with one attached hydrogen (secondary N) is 1. The number of rotatable bonds is 3. The number of nitrogens with zero attached hydrogens (tertiary/aromatic N) is 1. The predicted octanol–water partition coefficient (Wildman–Crippen LogP) is 4.62. The molecule has 0 aliphatic heterocycles. The van der Waals surface area contributed by atoms with Gasteiger partial charge in [-0.25, -0.2) is 4.39 Å². The van der Waals surface area contributed by atoms with E-state index in [9.17, 15) is 4.39 Å². The molecule has 1 N–H and O–H groups in total. The normalized spacial score (nSPS) is 10.0. The highest BCUT2D eigenvalue weighted by Gasteiger charge is 2.05. The Hall–Kier alpha value is -1.76. The van der Waals surface area contributed by atoms with Crippen LogP contribution in [0.4, 0.5) is 10.1 Å². The zero-order valence-corrected chi connectivity index (χ0v) is 11.3. The lowest BCUT2D eigenvalue weighted by Gasteiger charge is -2.10. The fourth-order valence-corrected chi connectivity index (χ4v) is 2.03. The van der Waals surface area contributed by atoms with E-state index in [1.54, 1.807) is 18.2 Å². The number of hydrogen-bond acceptors (Lipinski definition) is 2. The van der Waals surface area contributed by atoms with E-state index in [2.05, 4.69) is 5.32 Å². The smallest absolute Gasteiger partial charge is 0.123 e. The SMILES string of the molecule is N#Cc1ccc(NCc2cc(F)ccc2Cl)c(Cl)c1. The van der Waals surface area contributed by atoms with Crippen LogP contribution in [-0.2, 0) is 6.54 Å². The van der Waals surface area contributed by atoms with Crippen molar-refractivity contribution in [2.45, 2.75) is 6.54 Å². The van der Waals surface area contributed by atoms with E-state index >= 15 is 0 Å². The van der Waals surface area contributed by atoms with E-state index in [1.807, 2.05) is 6.07 Å². The minimum atomic E-state index is -0.341. The first kappa shape index (κ1) is 13.7. The summed E-state index contributed by atoms with van der Waals surface area (Å²) in [5.74, 6) is -0.341. The first-order valence-corrected chi connectivity index (χ1v) is 6.23. The fraction of sp³-hybridized carbons (Fsp3) is 0.0714. The monoisotopic (exact) mass is 294 g/mol. The molecule has 2 aromatic carbocycles. The van der Waals surface area contributed by atoms with Crippen molar-refractivity contribution in [2.75, 3.05) is 5.32 Å². The van der Waals surface area contributed by atoms with Gasteiger partial charge in [0.2, 0.25) is 0 Å². The van der Waals surface area contributed by atoms with E-state index in [0.29, 0.717) is 33.4 Å². The van der Waals surface area contributed by atoms with E-state index in [0.717, 1.165) is 0 Å². The topological polar surface area (TPSA) is 35.8 Å². The molecule has 2 rings (SSSR count). The van der Waals surface area contributed by atoms with Crippen LogP contribution in [-0.4, -0.2) is 0 Å². The summed E-state index contributed by atoms with van der Waals surface area (Å²) in [6, 6.07) is 11.1. The Labute approximate surface area is 120 Å². The third kappa shape index (κ3) is 3.37. The molecule has 0 amide bonds. The van der Waals surface area contributed by atoms with Crippen molar-refractivity contribution in [3.05, 3.63) is 63.4 Å². The maximum absolute atomic E-state index is 13.1. The van der Waals surface area contributed by atoms with E-state index in [-0.39, 0.29) is 5.82 Å². The van der Waals surface area contributed by atoms with Gasteiger partial charge >= 0.3 is 0 Å². The largest absolute Gasteiger partial charge is 0.380 e. The van der Waals surface area contributed by atoms with E-state index in [1.165, 1.54) is 18.2 Å². The first-order valence-electron chi connectivity index (χ1n) is 5.47. The third-order valence-corrected chi connectivity index (χ3v) is 3.26. The lowest BCUT2D eigenvalue weighted by atomic mass is 10.2. The Bertz CT molecular complexity index is 650. The maximum atomic E-state index is 13.1. The van der Waals surface area contributed by atoms with Crippen LogP contribution in [0.3, 0.4) is 0 Å². The molecular weight excluding hydrogens is 286 g/mol. The van der Waals surface area contributed by atoms with Gasteiger partial charge in [-0.15, -0.1) is 0 Å². The van der Waals surface area contributed by atoms with Gasteiger partial charge in [0.25, 0.3) is 0 Å². The molecule has 0 radical (unpaired) electrons. The summed E-state index contributed by atoms with van der Waals surface area (Å²) in [6.45, 7) is 0.349. The van der Waals surface area contributed by atoms with Crippen molar-refractivity contribution in [1.29, 1.82) is 5.26 Å². The Morgan fingerprint density at radius 3 is 2.58 bits per heavy atom. The van der Waals surface area contributed by atoms with Gasteiger partial charge < -0.3 is 5.32 Å². The molecule has 96 valence electrons. The van der Waals surface area contributed by atoms with Crippen molar-refractivity contribution in [3.8, 4) is 6.07 Å². The van der Waals surface area contributed by atoms with Crippen LogP contribution in [0, 0.1) is 17.1 Å². The summed E-state index contributed by atoms with van der Waals surface area (Å²) in [5.41, 5.74) is 1.79. The van der Waals surface area contributed by atoms with Gasteiger partial charge in [-0.3, -0.25) is 0 Å². The summed E-state index contributed by atoms with van der Waals surface area (Å²) in [4.78, 5) is 0. The van der Waals surface area contributed by atoms with E-state index < -0.39 is 0 Å². The summed E-state index contributed by atoms with van der Waals surface area (Å²) < 4.78 is 13.1. The molecular formula is C14H9Cl2FN2. The molecule has 0 atom stereocenters. The van der Waals surface area contributed by atoms with Crippen molar-refractivity contribution >= 4 is 28.9 Å². The van der Waals surface area contributed by atoms with Crippen LogP contribution in [0.25, 0.3) is 0 Å². The molecule has 0 aromatic heterocycles. The van der Waals surface area contributed by atoms with Crippen molar-refractivity contribution in [1.82, 2.24) is 0 Å². The van der Waals surface area contributed by atoms with Gasteiger partial charge in [-0.05, 0) is 42.0 Å². The zero-order valence-electron chi connectivity index (χ0n) is 9.75. The molecule has 0 spiro atoms. The lowest BCUT2D eigenvalue weighted by molar-refractivity contribution is 0.626. The minimum absolute atomic E-state index is 0.341. The first-order chi connectivity index (χ1) is 9.10. The van der Waals surface area contributed by atoms with Crippen LogP contribution in [0.15, 0.2) is 36.4 Å². The van der Waals surface area contributed by atoms with Crippen molar-refractivity contribution < 1.29 is 4.39 Å². The average Bonchev–Trinajstić information content (AvgIpc) is 2.40. The summed E-state index contributed by atoms with van der Waals surface area (Å²) >= 11 is 12.0. The van der Waals surface area contributed by atoms with Crippen molar-refractivity contribution in [3.63, 3.8) is 0 Å². The molecule has 0 fully saturated rings. The van der Waals surface area contributed by atoms with Crippen LogP contribution < -0.4 is 5.32 Å². The van der Waals surface area contributed by atoms with Crippen molar-refractivity contribution in [2.24, 2.45) is 0 Å². The fourth-order valence-electron chi connectivity index (χ4n) is 1.60. The second-order valence-electron chi connectivity index (χ2n) is 3.90. The highest BCUT2D eigenvalue weighted by atomic mass is 35.5. The van der Waals surface area contributed by atoms with Gasteiger partial charge in [0.15, 0.2) is 0 Å². The molecule has 0 unspecified atom stereocenters. The minimum Gasteiger partial charge on any atom is -0.380 e. The van der Waals surface area contributed by atoms with Gasteiger partial charge in [0, 0.05) is 11.6 Å². The summed E-state index contributed by atoms with van der Waals surface area (Å²) in [7, 11) is 0. The van der Waals surface area contributed by atoms with Gasteiger partial charge in [0.1, 0.15) is 5.82 Å². The predicted molar refractivity (Wildman–Crippen MR) is 74.9 cm³/mol. The van der Waals surface area contributed by atoms with Crippen LogP contribution >= 0.6 is 23.2 Å². The molecule has 0 saturated carbocycles. The van der Waals surface area contributed by atoms with Gasteiger partial charge in [0.05, 0.1) is 22.3 Å². The highest BCUT2D eigenvalue weighted by molar-refractivity contribution is 6.33. The lowest BCUT2D eigenvalue weighted by Crippen LogP contribution is -2.01. The number of benzene rings is 2. The number of nitriles is 1. The van der Waals surface area contributed by atoms with Crippen LogP contribution in [0.1, 0.15) is 11.1 Å². The average molecular weight is 295 g/mol. The molecule has 2 aromatic rings. The number of anilines is 1. The molecule has 5 heteroatoms. The zero-order chi connectivity index (χ0) is 13.8. The Kier molecular flexibility index (Phi) is 4.26. The molecule has 0 heterocycles. The molecule has 0 aliphatic carbocycles. The summed E-state index contributed by atoms with van der Waals surface area (Å²) in [5, 5.41) is 12.7. The molecule has 2 nitrogen and oxygen atoms in total. The van der Waals surface area contributed by atoms with E-state index in [4.69, 9.17) is 28.5 Å². The van der Waals surface area contributed by atoms with Crippen LogP contribution in [0.2, 0.25) is 10.0 Å². The quantitative estimate of drug-likeness (QED) is 0.897. The summed E-state index contributed by atoms with van der Waals surface area (Å²) in [6.07, 6.45) is 0. The Balaban J connectivity index is 2.15. The number of hydrogen-bond donors (Lipinski definition) is 1. The third-order valence-electron chi connectivity index (χ3n) is 2.58. The number of halogens is 3. The van der Waals surface area contributed by atoms with Crippen LogP contribution in [0.5, 0.6) is 0 Å². The molecule has 19 heavy (non-hydrogen) atoms. The Morgan fingerprint density at radius 1 is 1.11 bits per heavy atom.